The molecule has 0 aromatic carbocycles. The van der Waals surface area contributed by atoms with Crippen LogP contribution in [0.2, 0.25) is 0 Å². The van der Waals surface area contributed by atoms with Gasteiger partial charge in [-0.25, -0.2) is 0 Å². The SMILES string of the molecule is CC(C)C[C@H](C(=O)C(C)C)N(C)C(=O)[C@@H]1CCCN1C(=O)[C@H](C)N(C)C(=O)[C@H](CCC(N)=O)NC(=O)C1CCC(=O)N1. The fourth-order valence-electron chi connectivity index (χ4n) is 5.44. The van der Waals surface area contributed by atoms with Crippen LogP contribution in [0, 0.1) is 11.8 Å². The van der Waals surface area contributed by atoms with Crippen LogP contribution in [0.1, 0.15) is 79.6 Å². The van der Waals surface area contributed by atoms with Gasteiger partial charge >= 0.3 is 0 Å². The Hall–Kier alpha value is -3.51. The van der Waals surface area contributed by atoms with E-state index in [1.165, 1.54) is 28.7 Å². The molecule has 13 heteroatoms. The molecule has 13 nitrogen and oxygen atoms in total. The van der Waals surface area contributed by atoms with Crippen molar-refractivity contribution in [2.24, 2.45) is 17.6 Å². The van der Waals surface area contributed by atoms with Crippen LogP contribution in [0.25, 0.3) is 0 Å². The Kier molecular flexibility index (Phi) is 12.5. The molecule has 0 aromatic heterocycles. The number of Topliss-reactive ketones (excluding diaryl/α,β-unsaturated/α-hetero) is 1. The van der Waals surface area contributed by atoms with Crippen molar-refractivity contribution in [2.45, 2.75) is 110 Å². The molecule has 0 aromatic rings. The molecule has 2 saturated heterocycles. The Morgan fingerprint density at radius 3 is 2.19 bits per heavy atom. The van der Waals surface area contributed by atoms with Gasteiger partial charge in [-0.2, -0.15) is 0 Å². The molecule has 0 radical (unpaired) electrons. The number of amides is 6. The van der Waals surface area contributed by atoms with Gasteiger partial charge in [-0.1, -0.05) is 27.7 Å². The van der Waals surface area contributed by atoms with Crippen LogP contribution in [0.5, 0.6) is 0 Å². The molecular weight excluding hydrogens is 544 g/mol. The lowest BCUT2D eigenvalue weighted by Gasteiger charge is -2.36. The van der Waals surface area contributed by atoms with E-state index in [2.05, 4.69) is 10.6 Å². The Labute approximate surface area is 248 Å². The van der Waals surface area contributed by atoms with Crippen LogP contribution in [0.3, 0.4) is 0 Å². The normalized spacial score (nSPS) is 20.6. The molecular formula is C29H48N6O7. The zero-order chi connectivity index (χ0) is 31.9. The summed E-state index contributed by atoms with van der Waals surface area (Å²) in [5.74, 6) is -2.94. The lowest BCUT2D eigenvalue weighted by Crippen LogP contribution is -2.58. The van der Waals surface area contributed by atoms with Gasteiger partial charge in [-0.05, 0) is 44.9 Å². The molecule has 42 heavy (non-hydrogen) atoms. The quantitative estimate of drug-likeness (QED) is 0.253. The lowest BCUT2D eigenvalue weighted by atomic mass is 9.92. The summed E-state index contributed by atoms with van der Waals surface area (Å²) in [6, 6.07) is -4.29. The fraction of sp³-hybridized carbons (Fsp3) is 0.759. The van der Waals surface area contributed by atoms with Gasteiger partial charge in [0.2, 0.25) is 35.4 Å². The second kappa shape index (κ2) is 15.1. The van der Waals surface area contributed by atoms with E-state index >= 15 is 0 Å². The first-order chi connectivity index (χ1) is 19.6. The molecule has 236 valence electrons. The molecule has 2 aliphatic heterocycles. The Morgan fingerprint density at radius 2 is 1.67 bits per heavy atom. The van der Waals surface area contributed by atoms with Crippen LogP contribution in [-0.2, 0) is 33.6 Å². The number of nitrogens with two attached hydrogens (primary N) is 1. The topological polar surface area (TPSA) is 179 Å². The number of nitrogens with zero attached hydrogens (tertiary/aromatic N) is 3. The second-order valence-corrected chi connectivity index (χ2v) is 12.2. The van der Waals surface area contributed by atoms with Crippen LogP contribution in [0.4, 0.5) is 0 Å². The minimum Gasteiger partial charge on any atom is -0.370 e. The maximum absolute atomic E-state index is 13.7. The summed E-state index contributed by atoms with van der Waals surface area (Å²) in [4.78, 5) is 93.6. The molecule has 6 amide bonds. The third kappa shape index (κ3) is 8.75. The summed E-state index contributed by atoms with van der Waals surface area (Å²) in [5.41, 5.74) is 5.28. The molecule has 5 atom stereocenters. The Balaban J connectivity index is 2.18. The van der Waals surface area contributed by atoms with Crippen molar-refractivity contribution in [1.82, 2.24) is 25.3 Å². The minimum absolute atomic E-state index is 0.0321. The fourth-order valence-corrected chi connectivity index (χ4v) is 5.44. The largest absolute Gasteiger partial charge is 0.370 e. The number of carbonyl (C=O) groups is 7. The molecule has 0 spiro atoms. The highest BCUT2D eigenvalue weighted by Gasteiger charge is 2.42. The van der Waals surface area contributed by atoms with E-state index < -0.39 is 53.8 Å². The monoisotopic (exact) mass is 592 g/mol. The maximum Gasteiger partial charge on any atom is 0.245 e. The van der Waals surface area contributed by atoms with Gasteiger partial charge < -0.3 is 31.1 Å². The van der Waals surface area contributed by atoms with Crippen molar-refractivity contribution in [2.75, 3.05) is 20.6 Å². The highest BCUT2D eigenvalue weighted by molar-refractivity contribution is 5.97. The predicted octanol–water partition coefficient (Wildman–Crippen LogP) is -0.0486. The molecule has 2 fully saturated rings. The Morgan fingerprint density at radius 1 is 1.02 bits per heavy atom. The summed E-state index contributed by atoms with van der Waals surface area (Å²) in [6.45, 7) is 9.45. The van der Waals surface area contributed by atoms with E-state index in [4.69, 9.17) is 5.73 Å². The van der Waals surface area contributed by atoms with Crippen molar-refractivity contribution in [3.8, 4) is 0 Å². The first-order valence-electron chi connectivity index (χ1n) is 14.8. The highest BCUT2D eigenvalue weighted by Crippen LogP contribution is 2.24. The van der Waals surface area contributed by atoms with Crippen molar-refractivity contribution in [3.05, 3.63) is 0 Å². The summed E-state index contributed by atoms with van der Waals surface area (Å²) < 4.78 is 0. The van der Waals surface area contributed by atoms with Crippen LogP contribution in [0.15, 0.2) is 0 Å². The van der Waals surface area contributed by atoms with E-state index in [1.807, 2.05) is 13.8 Å². The van der Waals surface area contributed by atoms with Gasteiger partial charge in [-0.3, -0.25) is 33.6 Å². The number of carbonyl (C=O) groups excluding carboxylic acids is 7. The molecule has 1 unspecified atom stereocenters. The molecule has 2 aliphatic rings. The van der Waals surface area contributed by atoms with Crippen LogP contribution in [-0.4, -0.2) is 107 Å². The number of rotatable bonds is 14. The van der Waals surface area contributed by atoms with Gasteiger partial charge in [0.05, 0.1) is 6.04 Å². The van der Waals surface area contributed by atoms with Gasteiger partial charge in [0.1, 0.15) is 24.2 Å². The average molecular weight is 593 g/mol. The first kappa shape index (κ1) is 34.7. The number of hydrogen-bond acceptors (Lipinski definition) is 7. The van der Waals surface area contributed by atoms with Gasteiger partial charge in [0.15, 0.2) is 5.78 Å². The highest BCUT2D eigenvalue weighted by atomic mass is 16.2. The first-order valence-corrected chi connectivity index (χ1v) is 14.8. The summed E-state index contributed by atoms with van der Waals surface area (Å²) in [6.07, 6.45) is 1.76. The van der Waals surface area contributed by atoms with Gasteiger partial charge in [-0.15, -0.1) is 0 Å². The second-order valence-electron chi connectivity index (χ2n) is 12.2. The number of nitrogens with one attached hydrogen (secondary N) is 2. The molecule has 0 aliphatic carbocycles. The zero-order valence-corrected chi connectivity index (χ0v) is 26.0. The molecule has 0 saturated carbocycles. The van der Waals surface area contributed by atoms with E-state index in [0.717, 1.165) is 0 Å². The lowest BCUT2D eigenvalue weighted by molar-refractivity contribution is -0.151. The summed E-state index contributed by atoms with van der Waals surface area (Å²) in [7, 11) is 3.03. The summed E-state index contributed by atoms with van der Waals surface area (Å²) >= 11 is 0. The number of likely N-dealkylation sites (N-methyl/N-ethyl adjacent to an activating group) is 2. The average Bonchev–Trinajstić information content (AvgIpc) is 3.60. The van der Waals surface area contributed by atoms with E-state index in [1.54, 1.807) is 20.9 Å². The van der Waals surface area contributed by atoms with Crippen LogP contribution >= 0.6 is 0 Å². The predicted molar refractivity (Wildman–Crippen MR) is 154 cm³/mol. The van der Waals surface area contributed by atoms with Crippen molar-refractivity contribution in [3.63, 3.8) is 0 Å². The van der Waals surface area contributed by atoms with Crippen molar-refractivity contribution >= 4 is 41.2 Å². The van der Waals surface area contributed by atoms with Crippen molar-refractivity contribution in [1.29, 1.82) is 0 Å². The molecule has 2 heterocycles. The molecule has 4 N–H and O–H groups in total. The summed E-state index contributed by atoms with van der Waals surface area (Å²) in [5, 5.41) is 5.14. The van der Waals surface area contributed by atoms with E-state index in [0.29, 0.717) is 25.8 Å². The van der Waals surface area contributed by atoms with Gasteiger partial charge in [0.25, 0.3) is 0 Å². The number of likely N-dealkylation sites (tertiary alicyclic amines) is 1. The third-order valence-corrected chi connectivity index (χ3v) is 8.12. The molecule has 0 bridgehead atoms. The standard InChI is InChI=1S/C29H48N6O7/c1-16(2)15-22(25(38)17(3)4)34(7)29(42)21-9-8-14-35(21)27(40)18(5)33(6)28(41)20(10-12-23(30)36)32-26(39)19-11-13-24(37)31-19/h16-22H,8-15H2,1-7H3,(H2,30,36)(H,31,37)(H,32,39)/t18-,19?,20-,21-,22+/m0/s1. The maximum atomic E-state index is 13.7. The van der Waals surface area contributed by atoms with Crippen molar-refractivity contribution < 1.29 is 33.6 Å². The van der Waals surface area contributed by atoms with E-state index in [9.17, 15) is 33.6 Å². The number of ketones is 1. The number of primary amides is 1. The van der Waals surface area contributed by atoms with E-state index in [-0.39, 0.29) is 55.1 Å². The minimum atomic E-state index is -1.15. The van der Waals surface area contributed by atoms with Crippen LogP contribution < -0.4 is 16.4 Å². The third-order valence-electron chi connectivity index (χ3n) is 8.12. The molecule has 2 rings (SSSR count). The van der Waals surface area contributed by atoms with Gasteiger partial charge in [0, 0.05) is 39.4 Å². The number of hydrogen-bond donors (Lipinski definition) is 3. The zero-order valence-electron chi connectivity index (χ0n) is 26.0. The smallest absolute Gasteiger partial charge is 0.245 e. The Bertz CT molecular complexity index is 1060.